The van der Waals surface area contributed by atoms with Crippen LogP contribution in [-0.2, 0) is 19.9 Å². The van der Waals surface area contributed by atoms with Gasteiger partial charge in [-0.25, -0.2) is 4.79 Å². The molecule has 0 aromatic heterocycles. The molecule has 158 valence electrons. The molecule has 1 aromatic rings. The minimum absolute atomic E-state index is 0.134. The number of rotatable bonds is 8. The Morgan fingerprint density at radius 3 is 2.72 bits per heavy atom. The number of nitrogens with zero attached hydrogens (tertiary/aromatic N) is 1. The van der Waals surface area contributed by atoms with E-state index in [1.54, 1.807) is 25.1 Å². The van der Waals surface area contributed by atoms with Crippen LogP contribution in [0.5, 0.6) is 11.5 Å². The average Bonchev–Trinajstić information content (AvgIpc) is 2.91. The van der Waals surface area contributed by atoms with Crippen LogP contribution in [0.3, 0.4) is 0 Å². The van der Waals surface area contributed by atoms with Gasteiger partial charge in [-0.15, -0.1) is 0 Å². The molecule has 1 aromatic carbocycles. The van der Waals surface area contributed by atoms with Crippen molar-refractivity contribution in [3.8, 4) is 11.5 Å². The van der Waals surface area contributed by atoms with Gasteiger partial charge in [0.2, 0.25) is 5.91 Å². The number of nitrogens with one attached hydrogen (secondary N) is 2. The second kappa shape index (κ2) is 8.69. The first kappa shape index (κ1) is 20.9. The minimum Gasteiger partial charge on any atom is -0.486 e. The van der Waals surface area contributed by atoms with Crippen molar-refractivity contribution in [2.24, 2.45) is 0 Å². The van der Waals surface area contributed by atoms with Crippen molar-refractivity contribution in [3.63, 3.8) is 0 Å². The molecule has 0 unspecified atom stereocenters. The second-order valence-electron chi connectivity index (χ2n) is 7.43. The zero-order valence-corrected chi connectivity index (χ0v) is 16.9. The molecule has 0 bridgehead atoms. The molecule has 0 radical (unpaired) electrons. The van der Waals surface area contributed by atoms with Gasteiger partial charge < -0.3 is 24.8 Å². The summed E-state index contributed by atoms with van der Waals surface area (Å²) < 4.78 is 16.5. The van der Waals surface area contributed by atoms with Crippen molar-refractivity contribution in [1.82, 2.24) is 15.5 Å². The van der Waals surface area contributed by atoms with Crippen molar-refractivity contribution in [1.29, 1.82) is 0 Å². The molecule has 0 spiro atoms. The fraction of sp³-hybridized carbons (Fsp3) is 0.550. The molecule has 9 heteroatoms. The number of ether oxygens (including phenoxy) is 3. The lowest BCUT2D eigenvalue weighted by Gasteiger charge is -2.25. The highest BCUT2D eigenvalue weighted by Gasteiger charge is 2.49. The van der Waals surface area contributed by atoms with E-state index in [0.29, 0.717) is 49.8 Å². The number of fused-ring (bicyclic) bond motifs is 1. The fourth-order valence-corrected chi connectivity index (χ4v) is 3.21. The van der Waals surface area contributed by atoms with Gasteiger partial charge in [0.15, 0.2) is 11.5 Å². The summed E-state index contributed by atoms with van der Waals surface area (Å²) in [6.07, 6.45) is 0.786. The van der Waals surface area contributed by atoms with E-state index in [4.69, 9.17) is 14.2 Å². The molecule has 3 rings (SSSR count). The zero-order valence-electron chi connectivity index (χ0n) is 16.9. The topological polar surface area (TPSA) is 106 Å². The Kier molecular flexibility index (Phi) is 6.26. The van der Waals surface area contributed by atoms with Crippen LogP contribution in [0.25, 0.3) is 0 Å². The van der Waals surface area contributed by atoms with Crippen molar-refractivity contribution < 1.29 is 28.6 Å². The van der Waals surface area contributed by atoms with E-state index < -0.39 is 23.4 Å². The third-order valence-corrected chi connectivity index (χ3v) is 4.79. The molecule has 2 N–H and O–H groups in total. The number of hydrogen-bond acceptors (Lipinski definition) is 6. The van der Waals surface area contributed by atoms with Gasteiger partial charge in [0.05, 0.1) is 6.10 Å². The van der Waals surface area contributed by atoms with E-state index in [-0.39, 0.29) is 12.6 Å². The van der Waals surface area contributed by atoms with E-state index in [2.05, 4.69) is 10.6 Å². The minimum atomic E-state index is -1.28. The first-order valence-electron chi connectivity index (χ1n) is 9.74. The molecular formula is C20H27N3O6. The third kappa shape index (κ3) is 4.61. The fourth-order valence-electron chi connectivity index (χ4n) is 3.21. The number of amides is 4. The average molecular weight is 405 g/mol. The Bertz CT molecular complexity index is 796. The molecule has 0 saturated carbocycles. The maximum Gasteiger partial charge on any atom is 0.325 e. The number of imide groups is 1. The highest BCUT2D eigenvalue weighted by molar-refractivity contribution is 6.09. The monoisotopic (exact) mass is 405 g/mol. The highest BCUT2D eigenvalue weighted by atomic mass is 16.6. The van der Waals surface area contributed by atoms with Gasteiger partial charge in [0.1, 0.15) is 25.3 Å². The number of hydrogen-bond donors (Lipinski definition) is 2. The third-order valence-electron chi connectivity index (χ3n) is 4.79. The van der Waals surface area contributed by atoms with Crippen molar-refractivity contribution in [2.75, 3.05) is 32.9 Å². The number of carbonyl (C=O) groups excluding carboxylic acids is 3. The smallest absolute Gasteiger partial charge is 0.325 e. The second-order valence-corrected chi connectivity index (χ2v) is 7.43. The number of urea groups is 1. The van der Waals surface area contributed by atoms with Crippen molar-refractivity contribution >= 4 is 17.8 Å². The first-order chi connectivity index (χ1) is 13.8. The molecule has 1 atom stereocenters. The summed E-state index contributed by atoms with van der Waals surface area (Å²) in [5, 5.41) is 5.39. The predicted octanol–water partition coefficient (Wildman–Crippen LogP) is 1.16. The van der Waals surface area contributed by atoms with Crippen molar-refractivity contribution in [3.05, 3.63) is 23.8 Å². The molecule has 29 heavy (non-hydrogen) atoms. The summed E-state index contributed by atoms with van der Waals surface area (Å²) in [7, 11) is 0. The molecule has 2 aliphatic heterocycles. The summed E-state index contributed by atoms with van der Waals surface area (Å²) in [6.45, 7) is 6.98. The van der Waals surface area contributed by atoms with Crippen LogP contribution in [0.4, 0.5) is 4.79 Å². The lowest BCUT2D eigenvalue weighted by atomic mass is 9.91. The van der Waals surface area contributed by atoms with Gasteiger partial charge in [-0.3, -0.25) is 14.5 Å². The van der Waals surface area contributed by atoms with Crippen LogP contribution >= 0.6 is 0 Å². The Hall–Kier alpha value is -2.81. The molecule has 4 amide bonds. The summed E-state index contributed by atoms with van der Waals surface area (Å²) in [5.41, 5.74) is -0.716. The quantitative estimate of drug-likeness (QED) is 0.497. The van der Waals surface area contributed by atoms with E-state index in [1.165, 1.54) is 0 Å². The molecule has 1 fully saturated rings. The Balaban J connectivity index is 1.61. The molecule has 2 aliphatic rings. The SMILES string of the molecule is CC(C)OCCCNC(=O)CN1C(=O)N[C@@](C)(c2ccc3c(c2)OCCO3)C1=O. The van der Waals surface area contributed by atoms with Crippen LogP contribution in [0.2, 0.25) is 0 Å². The molecule has 1 saturated heterocycles. The first-order valence-corrected chi connectivity index (χ1v) is 9.74. The highest BCUT2D eigenvalue weighted by Crippen LogP contribution is 2.36. The van der Waals surface area contributed by atoms with Gasteiger partial charge in [0.25, 0.3) is 5.91 Å². The molecule has 9 nitrogen and oxygen atoms in total. The van der Waals surface area contributed by atoms with Gasteiger partial charge in [-0.05, 0) is 44.9 Å². The van der Waals surface area contributed by atoms with E-state index in [0.717, 1.165) is 4.90 Å². The Morgan fingerprint density at radius 1 is 1.28 bits per heavy atom. The molecular weight excluding hydrogens is 378 g/mol. The lowest BCUT2D eigenvalue weighted by Crippen LogP contribution is -2.43. The van der Waals surface area contributed by atoms with Crippen LogP contribution in [-0.4, -0.2) is 61.8 Å². The summed E-state index contributed by atoms with van der Waals surface area (Å²) in [5.74, 6) is 0.233. The maximum atomic E-state index is 13.0. The summed E-state index contributed by atoms with van der Waals surface area (Å²) in [4.78, 5) is 38.4. The number of carbonyl (C=O) groups is 3. The normalized spacial score (nSPS) is 20.8. The van der Waals surface area contributed by atoms with Gasteiger partial charge >= 0.3 is 6.03 Å². The van der Waals surface area contributed by atoms with E-state index in [1.807, 2.05) is 13.8 Å². The summed E-state index contributed by atoms with van der Waals surface area (Å²) >= 11 is 0. The zero-order chi connectivity index (χ0) is 21.0. The molecule has 2 heterocycles. The largest absolute Gasteiger partial charge is 0.486 e. The van der Waals surface area contributed by atoms with Crippen LogP contribution in [0, 0.1) is 0 Å². The maximum absolute atomic E-state index is 13.0. The Morgan fingerprint density at radius 2 is 2.00 bits per heavy atom. The number of benzene rings is 1. The molecule has 0 aliphatic carbocycles. The van der Waals surface area contributed by atoms with Gasteiger partial charge in [-0.2, -0.15) is 0 Å². The Labute approximate surface area is 169 Å². The van der Waals surface area contributed by atoms with Crippen molar-refractivity contribution in [2.45, 2.75) is 38.8 Å². The van der Waals surface area contributed by atoms with Crippen LogP contribution < -0.4 is 20.1 Å². The van der Waals surface area contributed by atoms with Gasteiger partial charge in [-0.1, -0.05) is 6.07 Å². The van der Waals surface area contributed by atoms with E-state index in [9.17, 15) is 14.4 Å². The standard InChI is InChI=1S/C20H27N3O6/c1-13(2)27-8-4-7-21-17(24)12-23-18(25)20(3,22-19(23)26)14-5-6-15-16(11-14)29-10-9-28-15/h5-6,11,13H,4,7-10,12H2,1-3H3,(H,21,24)(H,22,26)/t20-/m0/s1. The van der Waals surface area contributed by atoms with Crippen LogP contribution in [0.15, 0.2) is 18.2 Å². The summed E-state index contributed by atoms with van der Waals surface area (Å²) in [6, 6.07) is 4.50. The predicted molar refractivity (Wildman–Crippen MR) is 104 cm³/mol. The lowest BCUT2D eigenvalue weighted by molar-refractivity contribution is -0.134. The van der Waals surface area contributed by atoms with E-state index >= 15 is 0 Å². The van der Waals surface area contributed by atoms with Crippen LogP contribution in [0.1, 0.15) is 32.8 Å². The van der Waals surface area contributed by atoms with Gasteiger partial charge in [0, 0.05) is 13.2 Å².